The van der Waals surface area contributed by atoms with Gasteiger partial charge in [-0.3, -0.25) is 9.59 Å². The molecular formula is C12H17N3O2. The van der Waals surface area contributed by atoms with E-state index in [9.17, 15) is 9.59 Å². The topological polar surface area (TPSA) is 74.0 Å². The van der Waals surface area contributed by atoms with Gasteiger partial charge in [0.1, 0.15) is 5.56 Å². The molecule has 1 aromatic rings. The highest BCUT2D eigenvalue weighted by Crippen LogP contribution is 2.10. The van der Waals surface area contributed by atoms with E-state index < -0.39 is 0 Å². The first-order valence-corrected chi connectivity index (χ1v) is 5.93. The summed E-state index contributed by atoms with van der Waals surface area (Å²) in [7, 11) is 0. The Balaban J connectivity index is 1.81. The summed E-state index contributed by atoms with van der Waals surface area (Å²) in [6.07, 6.45) is 5.09. The second-order valence-corrected chi connectivity index (χ2v) is 4.33. The Kier molecular flexibility index (Phi) is 3.93. The molecule has 2 rings (SSSR count). The third-order valence-electron chi connectivity index (χ3n) is 3.07. The second kappa shape index (κ2) is 5.63. The van der Waals surface area contributed by atoms with E-state index in [4.69, 9.17) is 0 Å². The lowest BCUT2D eigenvalue weighted by molar-refractivity contribution is 0.0950. The molecule has 0 saturated carbocycles. The summed E-state index contributed by atoms with van der Waals surface area (Å²) in [4.78, 5) is 25.8. The quantitative estimate of drug-likeness (QED) is 0.693. The van der Waals surface area contributed by atoms with E-state index in [2.05, 4.69) is 15.6 Å². The molecule has 1 saturated heterocycles. The Morgan fingerprint density at radius 2 is 2.41 bits per heavy atom. The van der Waals surface area contributed by atoms with Crippen molar-refractivity contribution in [1.29, 1.82) is 0 Å². The van der Waals surface area contributed by atoms with Crippen LogP contribution in [0.25, 0.3) is 0 Å². The van der Waals surface area contributed by atoms with Crippen LogP contribution in [0.4, 0.5) is 0 Å². The van der Waals surface area contributed by atoms with Crippen LogP contribution in [-0.2, 0) is 0 Å². The number of amides is 1. The van der Waals surface area contributed by atoms with Crippen molar-refractivity contribution in [2.45, 2.75) is 12.8 Å². The van der Waals surface area contributed by atoms with Gasteiger partial charge in [-0.05, 0) is 31.8 Å². The van der Waals surface area contributed by atoms with E-state index in [-0.39, 0.29) is 16.9 Å². The Bertz CT molecular complexity index is 435. The van der Waals surface area contributed by atoms with Crippen LogP contribution in [0.15, 0.2) is 23.3 Å². The highest BCUT2D eigenvalue weighted by Gasteiger charge is 2.15. The summed E-state index contributed by atoms with van der Waals surface area (Å²) < 4.78 is 0. The van der Waals surface area contributed by atoms with Crippen molar-refractivity contribution in [3.05, 3.63) is 34.2 Å². The normalized spacial score (nSPS) is 19.2. The minimum Gasteiger partial charge on any atom is -0.367 e. The zero-order chi connectivity index (χ0) is 12.1. The number of hydrogen-bond donors (Lipinski definition) is 3. The number of nitrogens with one attached hydrogen (secondary N) is 3. The zero-order valence-corrected chi connectivity index (χ0v) is 9.66. The second-order valence-electron chi connectivity index (χ2n) is 4.33. The third kappa shape index (κ3) is 3.17. The van der Waals surface area contributed by atoms with Crippen LogP contribution in [0, 0.1) is 5.92 Å². The molecule has 1 unspecified atom stereocenters. The highest BCUT2D eigenvalue weighted by atomic mass is 16.2. The molecule has 1 aromatic heterocycles. The maximum Gasteiger partial charge on any atom is 0.256 e. The van der Waals surface area contributed by atoms with E-state index in [0.29, 0.717) is 12.5 Å². The molecule has 3 N–H and O–H groups in total. The first kappa shape index (κ1) is 11.9. The lowest BCUT2D eigenvalue weighted by Gasteiger charge is -2.08. The number of rotatable bonds is 4. The molecule has 2 heterocycles. The minimum absolute atomic E-state index is 0.178. The average molecular weight is 235 g/mol. The fourth-order valence-corrected chi connectivity index (χ4v) is 2.04. The van der Waals surface area contributed by atoms with Crippen molar-refractivity contribution in [1.82, 2.24) is 15.6 Å². The van der Waals surface area contributed by atoms with Crippen molar-refractivity contribution >= 4 is 5.91 Å². The molecule has 1 aliphatic rings. The number of pyridine rings is 1. The molecule has 92 valence electrons. The first-order valence-electron chi connectivity index (χ1n) is 5.93. The minimum atomic E-state index is -0.294. The molecule has 5 nitrogen and oxygen atoms in total. The smallest absolute Gasteiger partial charge is 0.256 e. The molecule has 5 heteroatoms. The van der Waals surface area contributed by atoms with Crippen molar-refractivity contribution < 1.29 is 4.79 Å². The van der Waals surface area contributed by atoms with Crippen LogP contribution < -0.4 is 16.1 Å². The molecule has 1 atom stereocenters. The number of aromatic amines is 1. The number of hydrogen-bond acceptors (Lipinski definition) is 3. The van der Waals surface area contributed by atoms with Crippen molar-refractivity contribution in [2.75, 3.05) is 19.6 Å². The molecule has 1 amide bonds. The Morgan fingerprint density at radius 3 is 3.12 bits per heavy atom. The summed E-state index contributed by atoms with van der Waals surface area (Å²) in [6.45, 7) is 2.72. The van der Waals surface area contributed by atoms with Crippen molar-refractivity contribution in [3.63, 3.8) is 0 Å². The van der Waals surface area contributed by atoms with Gasteiger partial charge in [-0.2, -0.15) is 0 Å². The summed E-state index contributed by atoms with van der Waals surface area (Å²) >= 11 is 0. The van der Waals surface area contributed by atoms with E-state index in [0.717, 1.165) is 19.5 Å². The number of aromatic nitrogens is 1. The van der Waals surface area contributed by atoms with E-state index >= 15 is 0 Å². The molecule has 0 radical (unpaired) electrons. The van der Waals surface area contributed by atoms with E-state index in [1.54, 1.807) is 0 Å². The predicted molar refractivity (Wildman–Crippen MR) is 65.0 cm³/mol. The number of carbonyl (C=O) groups excluding carboxylic acids is 1. The maximum atomic E-state index is 11.7. The average Bonchev–Trinajstić information content (AvgIpc) is 2.82. The Morgan fingerprint density at radius 1 is 1.53 bits per heavy atom. The highest BCUT2D eigenvalue weighted by molar-refractivity contribution is 5.93. The predicted octanol–water partition coefficient (Wildman–Crippen LogP) is 0.104. The summed E-state index contributed by atoms with van der Waals surface area (Å²) in [5.74, 6) is 0.349. The molecule has 0 aliphatic carbocycles. The summed E-state index contributed by atoms with van der Waals surface area (Å²) in [5.41, 5.74) is -0.0687. The summed E-state index contributed by atoms with van der Waals surface area (Å²) in [5, 5.41) is 6.06. The number of H-pyrrole nitrogens is 1. The fraction of sp³-hybridized carbons (Fsp3) is 0.500. The van der Waals surface area contributed by atoms with Crippen molar-refractivity contribution in [3.8, 4) is 0 Å². The lowest BCUT2D eigenvalue weighted by Crippen LogP contribution is -2.30. The molecule has 0 aromatic carbocycles. The van der Waals surface area contributed by atoms with Crippen LogP contribution in [0.2, 0.25) is 0 Å². The first-order chi connectivity index (χ1) is 8.27. The third-order valence-corrected chi connectivity index (χ3v) is 3.07. The van der Waals surface area contributed by atoms with Gasteiger partial charge in [0.05, 0.1) is 0 Å². The Hall–Kier alpha value is -1.62. The van der Waals surface area contributed by atoms with Crippen LogP contribution in [0.3, 0.4) is 0 Å². The lowest BCUT2D eigenvalue weighted by atomic mass is 10.1. The summed E-state index contributed by atoms with van der Waals surface area (Å²) in [6, 6.07) is 1.36. The van der Waals surface area contributed by atoms with Gasteiger partial charge in [0, 0.05) is 25.0 Å². The fourth-order valence-electron chi connectivity index (χ4n) is 2.04. The molecule has 1 fully saturated rings. The van der Waals surface area contributed by atoms with Gasteiger partial charge in [0.15, 0.2) is 5.43 Å². The van der Waals surface area contributed by atoms with E-state index in [1.165, 1.54) is 24.9 Å². The zero-order valence-electron chi connectivity index (χ0n) is 9.66. The van der Waals surface area contributed by atoms with Gasteiger partial charge in [-0.25, -0.2) is 0 Å². The van der Waals surface area contributed by atoms with Gasteiger partial charge in [-0.1, -0.05) is 0 Å². The van der Waals surface area contributed by atoms with Gasteiger partial charge in [0.2, 0.25) is 0 Å². The van der Waals surface area contributed by atoms with Gasteiger partial charge in [0.25, 0.3) is 5.91 Å². The molecule has 0 bridgehead atoms. The van der Waals surface area contributed by atoms with Crippen LogP contribution >= 0.6 is 0 Å². The van der Waals surface area contributed by atoms with Gasteiger partial charge >= 0.3 is 0 Å². The van der Waals surface area contributed by atoms with Crippen LogP contribution in [0.5, 0.6) is 0 Å². The SMILES string of the molecule is O=C(NCCC1CCNC1)c1c[nH]ccc1=O. The molecule has 1 aliphatic heterocycles. The maximum absolute atomic E-state index is 11.7. The molecule has 0 spiro atoms. The number of carbonyl (C=O) groups is 1. The van der Waals surface area contributed by atoms with Gasteiger partial charge in [-0.15, -0.1) is 0 Å². The molecule has 17 heavy (non-hydrogen) atoms. The Labute approximate surface area is 99.6 Å². The monoisotopic (exact) mass is 235 g/mol. The molecular weight excluding hydrogens is 218 g/mol. The largest absolute Gasteiger partial charge is 0.367 e. The standard InChI is InChI=1S/C12H17N3O2/c16-11-3-5-14-8-10(11)12(17)15-6-2-9-1-4-13-7-9/h3,5,8-9,13H,1-2,4,6-7H2,(H,14,16)(H,15,17). The van der Waals surface area contributed by atoms with Crippen LogP contribution in [-0.4, -0.2) is 30.5 Å². The van der Waals surface area contributed by atoms with Crippen LogP contribution in [0.1, 0.15) is 23.2 Å². The van der Waals surface area contributed by atoms with E-state index in [1.807, 2.05) is 0 Å². The van der Waals surface area contributed by atoms with Crippen molar-refractivity contribution in [2.24, 2.45) is 5.92 Å². The van der Waals surface area contributed by atoms with Gasteiger partial charge < -0.3 is 15.6 Å².